The number of hydrogen-bond acceptors (Lipinski definition) is 3. The summed E-state index contributed by atoms with van der Waals surface area (Å²) in [5.74, 6) is 0. The zero-order valence-electron chi connectivity index (χ0n) is 8.91. The molecule has 0 aromatic heterocycles. The third-order valence-corrected chi connectivity index (χ3v) is 2.50. The van der Waals surface area contributed by atoms with Crippen LogP contribution in [0.1, 0.15) is 33.6 Å². The molecule has 0 aromatic rings. The molecule has 1 rings (SSSR count). The Morgan fingerprint density at radius 2 is 1.92 bits per heavy atom. The van der Waals surface area contributed by atoms with Gasteiger partial charge in [-0.3, -0.25) is 0 Å². The van der Waals surface area contributed by atoms with Gasteiger partial charge in [-0.15, -0.1) is 0 Å². The molecule has 0 radical (unpaired) electrons. The summed E-state index contributed by atoms with van der Waals surface area (Å²) < 4.78 is 10.8. The van der Waals surface area contributed by atoms with Gasteiger partial charge in [-0.1, -0.05) is 20.8 Å². The molecule has 0 saturated carbocycles. The van der Waals surface area contributed by atoms with Crippen molar-refractivity contribution in [1.82, 2.24) is 0 Å². The highest BCUT2D eigenvalue weighted by atomic mass is 16.7. The summed E-state index contributed by atoms with van der Waals surface area (Å²) in [6.07, 6.45) is 0.851. The molecule has 0 amide bonds. The van der Waals surface area contributed by atoms with Gasteiger partial charge in [0.05, 0.1) is 12.2 Å². The molecule has 1 aliphatic heterocycles. The number of ether oxygens (including phenoxy) is 2. The van der Waals surface area contributed by atoms with Crippen LogP contribution >= 0.6 is 0 Å². The lowest BCUT2D eigenvalue weighted by Gasteiger charge is -2.39. The van der Waals surface area contributed by atoms with Crippen molar-refractivity contribution in [3.05, 3.63) is 0 Å². The molecule has 78 valence electrons. The summed E-state index contributed by atoms with van der Waals surface area (Å²) in [4.78, 5) is 0. The third kappa shape index (κ3) is 2.93. The minimum atomic E-state index is -0.289. The van der Waals surface area contributed by atoms with Gasteiger partial charge >= 0.3 is 0 Å². The highest BCUT2D eigenvalue weighted by Crippen LogP contribution is 2.32. The molecule has 1 saturated heterocycles. The number of aliphatic hydroxyl groups excluding tert-OH is 1. The van der Waals surface area contributed by atoms with Gasteiger partial charge in [-0.25, -0.2) is 0 Å². The summed E-state index contributed by atoms with van der Waals surface area (Å²) in [5, 5.41) is 9.58. The first-order valence-electron chi connectivity index (χ1n) is 4.80. The summed E-state index contributed by atoms with van der Waals surface area (Å²) in [5.41, 5.74) is 0.0676. The average molecular weight is 188 g/mol. The van der Waals surface area contributed by atoms with Crippen LogP contribution in [0, 0.1) is 5.41 Å². The summed E-state index contributed by atoms with van der Waals surface area (Å²) >= 11 is 0. The zero-order valence-corrected chi connectivity index (χ0v) is 8.91. The molecule has 0 aliphatic carbocycles. The highest BCUT2D eigenvalue weighted by molar-refractivity contribution is 4.82. The maximum Gasteiger partial charge on any atom is 0.160 e. The summed E-state index contributed by atoms with van der Waals surface area (Å²) in [6.45, 7) is 6.34. The maximum absolute atomic E-state index is 9.58. The second kappa shape index (κ2) is 3.95. The topological polar surface area (TPSA) is 38.7 Å². The molecule has 1 unspecified atom stereocenters. The molecule has 1 heterocycles. The van der Waals surface area contributed by atoms with E-state index in [1.807, 2.05) is 0 Å². The molecule has 1 fully saturated rings. The SMILES string of the molecule is CO[C@@H]1C[C@@H](O)CC(C(C)(C)C)O1. The standard InChI is InChI=1S/C10H20O3/c1-10(2,3)8-5-7(11)6-9(12-4)13-8/h7-9,11H,5-6H2,1-4H3/t7-,8?,9-/m0/s1. The molecule has 3 nitrogen and oxygen atoms in total. The Labute approximate surface area is 80.0 Å². The lowest BCUT2D eigenvalue weighted by molar-refractivity contribution is -0.225. The maximum atomic E-state index is 9.58. The van der Waals surface area contributed by atoms with Gasteiger partial charge in [-0.05, 0) is 5.41 Å². The Morgan fingerprint density at radius 3 is 2.38 bits per heavy atom. The van der Waals surface area contributed by atoms with Crippen LogP contribution in [-0.4, -0.2) is 30.7 Å². The van der Waals surface area contributed by atoms with Crippen molar-refractivity contribution in [3.8, 4) is 0 Å². The number of aliphatic hydroxyl groups is 1. The Balaban J connectivity index is 2.57. The fourth-order valence-electron chi connectivity index (χ4n) is 1.57. The zero-order chi connectivity index (χ0) is 10.1. The van der Waals surface area contributed by atoms with E-state index < -0.39 is 0 Å². The van der Waals surface area contributed by atoms with E-state index >= 15 is 0 Å². The Kier molecular flexibility index (Phi) is 3.33. The minimum Gasteiger partial charge on any atom is -0.393 e. The fourth-order valence-corrected chi connectivity index (χ4v) is 1.57. The van der Waals surface area contributed by atoms with Crippen LogP contribution in [0.15, 0.2) is 0 Å². The van der Waals surface area contributed by atoms with Crippen molar-refractivity contribution in [2.75, 3.05) is 7.11 Å². The van der Waals surface area contributed by atoms with E-state index in [0.717, 1.165) is 0 Å². The minimum absolute atomic E-state index is 0.0676. The summed E-state index contributed by atoms with van der Waals surface area (Å²) in [6, 6.07) is 0. The van der Waals surface area contributed by atoms with Crippen LogP contribution in [0.2, 0.25) is 0 Å². The largest absolute Gasteiger partial charge is 0.393 e. The van der Waals surface area contributed by atoms with Crippen molar-refractivity contribution in [3.63, 3.8) is 0 Å². The lowest BCUT2D eigenvalue weighted by atomic mass is 9.84. The molecule has 3 atom stereocenters. The molecule has 13 heavy (non-hydrogen) atoms. The lowest BCUT2D eigenvalue weighted by Crippen LogP contribution is -2.43. The Hall–Kier alpha value is -0.120. The Morgan fingerprint density at radius 1 is 1.31 bits per heavy atom. The second-order valence-electron chi connectivity index (χ2n) is 4.78. The number of methoxy groups -OCH3 is 1. The fraction of sp³-hybridized carbons (Fsp3) is 1.00. The molecule has 0 aromatic carbocycles. The predicted octanol–water partition coefficient (Wildman–Crippen LogP) is 1.54. The monoisotopic (exact) mass is 188 g/mol. The second-order valence-corrected chi connectivity index (χ2v) is 4.78. The third-order valence-electron chi connectivity index (χ3n) is 2.50. The van der Waals surface area contributed by atoms with Crippen LogP contribution < -0.4 is 0 Å². The van der Waals surface area contributed by atoms with Crippen molar-refractivity contribution in [1.29, 1.82) is 0 Å². The van der Waals surface area contributed by atoms with E-state index in [-0.39, 0.29) is 23.9 Å². The van der Waals surface area contributed by atoms with Crippen molar-refractivity contribution >= 4 is 0 Å². The van der Waals surface area contributed by atoms with Gasteiger partial charge in [0.1, 0.15) is 0 Å². The number of rotatable bonds is 1. The van der Waals surface area contributed by atoms with Crippen molar-refractivity contribution in [2.24, 2.45) is 5.41 Å². The van der Waals surface area contributed by atoms with Gasteiger partial charge in [0.2, 0.25) is 0 Å². The molecular formula is C10H20O3. The normalized spacial score (nSPS) is 36.2. The van der Waals surface area contributed by atoms with Gasteiger partial charge in [-0.2, -0.15) is 0 Å². The molecule has 3 heteroatoms. The smallest absolute Gasteiger partial charge is 0.160 e. The van der Waals surface area contributed by atoms with E-state index in [9.17, 15) is 5.11 Å². The van der Waals surface area contributed by atoms with Gasteiger partial charge in [0.15, 0.2) is 6.29 Å². The molecule has 1 aliphatic rings. The molecule has 0 spiro atoms. The number of hydrogen-bond donors (Lipinski definition) is 1. The van der Waals surface area contributed by atoms with E-state index in [1.165, 1.54) is 0 Å². The molecular weight excluding hydrogens is 168 g/mol. The van der Waals surface area contributed by atoms with Gasteiger partial charge in [0.25, 0.3) is 0 Å². The van der Waals surface area contributed by atoms with E-state index in [4.69, 9.17) is 9.47 Å². The van der Waals surface area contributed by atoms with Crippen LogP contribution in [0.5, 0.6) is 0 Å². The summed E-state index contributed by atoms with van der Waals surface area (Å²) in [7, 11) is 1.61. The van der Waals surface area contributed by atoms with Crippen LogP contribution in [0.3, 0.4) is 0 Å². The predicted molar refractivity (Wildman–Crippen MR) is 50.4 cm³/mol. The van der Waals surface area contributed by atoms with E-state index in [0.29, 0.717) is 12.8 Å². The first-order chi connectivity index (χ1) is 5.93. The van der Waals surface area contributed by atoms with Crippen LogP contribution in [0.4, 0.5) is 0 Å². The van der Waals surface area contributed by atoms with E-state index in [2.05, 4.69) is 20.8 Å². The van der Waals surface area contributed by atoms with Crippen LogP contribution in [0.25, 0.3) is 0 Å². The molecule has 1 N–H and O–H groups in total. The van der Waals surface area contributed by atoms with Crippen LogP contribution in [-0.2, 0) is 9.47 Å². The first kappa shape index (κ1) is 11.0. The quantitative estimate of drug-likeness (QED) is 0.678. The molecule has 0 bridgehead atoms. The highest BCUT2D eigenvalue weighted by Gasteiger charge is 2.35. The van der Waals surface area contributed by atoms with Crippen molar-refractivity contribution < 1.29 is 14.6 Å². The average Bonchev–Trinajstić information content (AvgIpc) is 2.01. The van der Waals surface area contributed by atoms with E-state index in [1.54, 1.807) is 7.11 Å². The Bertz CT molecular complexity index is 162. The van der Waals surface area contributed by atoms with Gasteiger partial charge in [0, 0.05) is 20.0 Å². The van der Waals surface area contributed by atoms with Crippen molar-refractivity contribution in [2.45, 2.75) is 52.1 Å². The van der Waals surface area contributed by atoms with Gasteiger partial charge < -0.3 is 14.6 Å². The first-order valence-corrected chi connectivity index (χ1v) is 4.80.